The molecule has 4 rings (SSSR count). The number of hydrogen-bond donors (Lipinski definition) is 0. The number of ether oxygens (including phenoxy) is 3. The van der Waals surface area contributed by atoms with Gasteiger partial charge >= 0.3 is 0 Å². The molecule has 3 aliphatic heterocycles. The van der Waals surface area contributed by atoms with Crippen molar-refractivity contribution in [3.63, 3.8) is 0 Å². The third-order valence-corrected chi connectivity index (χ3v) is 6.15. The highest BCUT2D eigenvalue weighted by Gasteiger charge is 2.38. The fourth-order valence-corrected chi connectivity index (χ4v) is 4.55. The maximum absolute atomic E-state index is 11.8. The summed E-state index contributed by atoms with van der Waals surface area (Å²) < 4.78 is 41.9. The van der Waals surface area contributed by atoms with Crippen molar-refractivity contribution in [2.75, 3.05) is 45.8 Å². The van der Waals surface area contributed by atoms with Gasteiger partial charge in [-0.1, -0.05) is 6.07 Å². The third-order valence-electron chi connectivity index (χ3n) is 4.88. The molecule has 0 amide bonds. The van der Waals surface area contributed by atoms with Crippen LogP contribution in [0.2, 0.25) is 0 Å². The minimum absolute atomic E-state index is 0.103. The second-order valence-electron chi connectivity index (χ2n) is 6.67. The quantitative estimate of drug-likeness (QED) is 0.788. The lowest BCUT2D eigenvalue weighted by Crippen LogP contribution is -2.36. The number of benzene rings is 1. The molecule has 132 valence electrons. The number of likely N-dealkylation sites (tertiary alicyclic amines) is 1. The zero-order valence-corrected chi connectivity index (χ0v) is 14.5. The van der Waals surface area contributed by atoms with E-state index in [1.54, 1.807) is 4.31 Å². The lowest BCUT2D eigenvalue weighted by Gasteiger charge is -2.21. The molecule has 0 aromatic heterocycles. The first kappa shape index (κ1) is 16.1. The van der Waals surface area contributed by atoms with Gasteiger partial charge in [0.1, 0.15) is 0 Å². The average molecular weight is 354 g/mol. The fraction of sp³-hybridized carbons (Fsp3) is 0.625. The molecule has 8 heteroatoms. The Labute approximate surface area is 142 Å². The van der Waals surface area contributed by atoms with Gasteiger partial charge in [-0.3, -0.25) is 4.90 Å². The van der Waals surface area contributed by atoms with E-state index in [9.17, 15) is 8.42 Å². The van der Waals surface area contributed by atoms with Gasteiger partial charge in [-0.05, 0) is 17.7 Å². The van der Waals surface area contributed by atoms with Crippen molar-refractivity contribution >= 4 is 10.0 Å². The summed E-state index contributed by atoms with van der Waals surface area (Å²) in [5.74, 6) is 1.80. The van der Waals surface area contributed by atoms with E-state index in [1.165, 1.54) is 6.26 Å². The summed E-state index contributed by atoms with van der Waals surface area (Å²) in [6.07, 6.45) is 1.37. The van der Waals surface area contributed by atoms with E-state index < -0.39 is 10.0 Å². The van der Waals surface area contributed by atoms with E-state index in [1.807, 2.05) is 18.2 Å². The zero-order chi connectivity index (χ0) is 16.7. The summed E-state index contributed by atoms with van der Waals surface area (Å²) in [6.45, 7) is 4.21. The largest absolute Gasteiger partial charge is 0.454 e. The van der Waals surface area contributed by atoms with Gasteiger partial charge in [-0.25, -0.2) is 8.42 Å². The average Bonchev–Trinajstić information content (AvgIpc) is 3.07. The summed E-state index contributed by atoms with van der Waals surface area (Å²) in [5.41, 5.74) is 1.16. The number of sulfonamides is 1. The molecule has 0 radical (unpaired) electrons. The number of fused-ring (bicyclic) bond motifs is 2. The molecule has 1 aromatic rings. The van der Waals surface area contributed by atoms with Gasteiger partial charge in [0.2, 0.25) is 16.8 Å². The Balaban J connectivity index is 1.42. The zero-order valence-electron chi connectivity index (χ0n) is 13.7. The molecule has 2 atom stereocenters. The SMILES string of the molecule is CS(=O)(=O)N1CCO[C@H]2CN(Cc3ccc4c(c3)OCO4)C[C@H]2C1. The van der Waals surface area contributed by atoms with Gasteiger partial charge in [0.25, 0.3) is 0 Å². The van der Waals surface area contributed by atoms with Gasteiger partial charge in [-0.2, -0.15) is 4.31 Å². The molecule has 1 aromatic carbocycles. The first-order valence-corrected chi connectivity index (χ1v) is 10.0. The van der Waals surface area contributed by atoms with Crippen LogP contribution in [0.1, 0.15) is 5.56 Å². The van der Waals surface area contributed by atoms with Crippen LogP contribution in [0, 0.1) is 5.92 Å². The lowest BCUT2D eigenvalue weighted by molar-refractivity contribution is 0.0518. The first-order chi connectivity index (χ1) is 11.5. The Hall–Kier alpha value is -1.35. The molecular formula is C16H22N2O5S. The van der Waals surface area contributed by atoms with Gasteiger partial charge in [0, 0.05) is 38.6 Å². The van der Waals surface area contributed by atoms with Crippen LogP contribution in [0.3, 0.4) is 0 Å². The maximum Gasteiger partial charge on any atom is 0.231 e. The Morgan fingerprint density at radius 2 is 2.00 bits per heavy atom. The van der Waals surface area contributed by atoms with Crippen molar-refractivity contribution < 1.29 is 22.6 Å². The maximum atomic E-state index is 11.8. The van der Waals surface area contributed by atoms with Crippen molar-refractivity contribution in [2.45, 2.75) is 12.6 Å². The van der Waals surface area contributed by atoms with E-state index >= 15 is 0 Å². The lowest BCUT2D eigenvalue weighted by atomic mass is 10.1. The van der Waals surface area contributed by atoms with Crippen molar-refractivity contribution in [1.82, 2.24) is 9.21 Å². The van der Waals surface area contributed by atoms with Crippen LogP contribution in [0.25, 0.3) is 0 Å². The van der Waals surface area contributed by atoms with E-state index in [2.05, 4.69) is 4.90 Å². The van der Waals surface area contributed by atoms with Gasteiger partial charge in [0.05, 0.1) is 19.0 Å². The van der Waals surface area contributed by atoms with E-state index in [0.717, 1.165) is 36.7 Å². The third kappa shape index (κ3) is 3.23. The molecule has 3 heterocycles. The predicted octanol–water partition coefficient (Wildman–Crippen LogP) is 0.508. The highest BCUT2D eigenvalue weighted by molar-refractivity contribution is 7.88. The summed E-state index contributed by atoms with van der Waals surface area (Å²) in [6, 6.07) is 6.00. The van der Waals surface area contributed by atoms with Crippen molar-refractivity contribution in [2.24, 2.45) is 5.92 Å². The molecule has 0 bridgehead atoms. The molecule has 3 aliphatic rings. The van der Waals surface area contributed by atoms with Crippen LogP contribution in [0.5, 0.6) is 11.5 Å². The van der Waals surface area contributed by atoms with Crippen molar-refractivity contribution in [1.29, 1.82) is 0 Å². The minimum Gasteiger partial charge on any atom is -0.454 e. The summed E-state index contributed by atoms with van der Waals surface area (Å²) in [5, 5.41) is 0. The van der Waals surface area contributed by atoms with Crippen LogP contribution in [0.4, 0.5) is 0 Å². The Bertz CT molecular complexity index is 723. The number of nitrogens with zero attached hydrogens (tertiary/aromatic N) is 2. The predicted molar refractivity (Wildman–Crippen MR) is 87.5 cm³/mol. The summed E-state index contributed by atoms with van der Waals surface area (Å²) in [7, 11) is -3.17. The minimum atomic E-state index is -3.17. The van der Waals surface area contributed by atoms with Crippen LogP contribution in [-0.2, 0) is 21.3 Å². The highest BCUT2D eigenvalue weighted by atomic mass is 32.2. The van der Waals surface area contributed by atoms with Crippen LogP contribution in [0.15, 0.2) is 18.2 Å². The molecule has 0 saturated carbocycles. The highest BCUT2D eigenvalue weighted by Crippen LogP contribution is 2.33. The monoisotopic (exact) mass is 354 g/mol. The molecule has 0 N–H and O–H groups in total. The van der Waals surface area contributed by atoms with Crippen LogP contribution < -0.4 is 9.47 Å². The standard InChI is InChI=1S/C16H22N2O5S/c1-24(19,20)18-4-5-21-16-10-17(8-13(16)9-18)7-12-2-3-14-15(6-12)23-11-22-14/h2-3,6,13,16H,4-5,7-11H2,1H3/t13-,16-/m0/s1. The molecule has 24 heavy (non-hydrogen) atoms. The van der Waals surface area contributed by atoms with Gasteiger partial charge in [0.15, 0.2) is 11.5 Å². The Morgan fingerprint density at radius 1 is 1.17 bits per heavy atom. The number of rotatable bonds is 3. The molecule has 0 spiro atoms. The molecular weight excluding hydrogens is 332 g/mol. The van der Waals surface area contributed by atoms with E-state index in [-0.39, 0.29) is 18.8 Å². The van der Waals surface area contributed by atoms with Gasteiger partial charge in [-0.15, -0.1) is 0 Å². The summed E-state index contributed by atoms with van der Waals surface area (Å²) in [4.78, 5) is 2.32. The first-order valence-electron chi connectivity index (χ1n) is 8.16. The fourth-order valence-electron chi connectivity index (χ4n) is 3.68. The molecule has 2 fully saturated rings. The Kier molecular flexibility index (Phi) is 4.16. The summed E-state index contributed by atoms with van der Waals surface area (Å²) >= 11 is 0. The normalized spacial score (nSPS) is 27.9. The molecule has 2 saturated heterocycles. The van der Waals surface area contributed by atoms with Gasteiger partial charge < -0.3 is 14.2 Å². The Morgan fingerprint density at radius 3 is 2.83 bits per heavy atom. The number of hydrogen-bond acceptors (Lipinski definition) is 6. The van der Waals surface area contributed by atoms with Crippen molar-refractivity contribution in [3.05, 3.63) is 23.8 Å². The van der Waals surface area contributed by atoms with Crippen molar-refractivity contribution in [3.8, 4) is 11.5 Å². The molecule has 0 unspecified atom stereocenters. The topological polar surface area (TPSA) is 68.3 Å². The smallest absolute Gasteiger partial charge is 0.231 e. The second kappa shape index (κ2) is 6.18. The van der Waals surface area contributed by atoms with Crippen LogP contribution in [-0.4, -0.2) is 69.6 Å². The molecule has 0 aliphatic carbocycles. The molecule has 7 nitrogen and oxygen atoms in total. The van der Waals surface area contributed by atoms with Crippen LogP contribution >= 0.6 is 0 Å². The van der Waals surface area contributed by atoms with E-state index in [0.29, 0.717) is 19.7 Å². The second-order valence-corrected chi connectivity index (χ2v) is 8.65. The van der Waals surface area contributed by atoms with E-state index in [4.69, 9.17) is 14.2 Å².